The Morgan fingerprint density at radius 1 is 1.04 bits per heavy atom. The fourth-order valence-corrected chi connectivity index (χ4v) is 2.90. The monoisotopic (exact) mass is 362 g/mol. The van der Waals surface area contributed by atoms with Crippen LogP contribution in [0.1, 0.15) is 5.56 Å². The van der Waals surface area contributed by atoms with Crippen molar-refractivity contribution in [3.63, 3.8) is 0 Å². The zero-order valence-electron chi connectivity index (χ0n) is 13.0. The van der Waals surface area contributed by atoms with Gasteiger partial charge in [-0.25, -0.2) is 0 Å². The fourth-order valence-electron chi connectivity index (χ4n) is 1.74. The molecule has 0 heterocycles. The van der Waals surface area contributed by atoms with E-state index in [9.17, 15) is 0 Å². The predicted octanol–water partition coefficient (Wildman–Crippen LogP) is 5.86. The van der Waals surface area contributed by atoms with Crippen LogP contribution in [-0.2, 0) is 0 Å². The molecule has 2 aromatic rings. The molecule has 2 rings (SSSR count). The van der Waals surface area contributed by atoms with Crippen LogP contribution in [0.5, 0.6) is 0 Å². The maximum Gasteiger partial charge on any atom is 0.0774 e. The Hall–Kier alpha value is -1.49. The van der Waals surface area contributed by atoms with Crippen LogP contribution in [0.4, 0.5) is 5.69 Å². The molecule has 0 atom stereocenters. The van der Waals surface area contributed by atoms with E-state index in [2.05, 4.69) is 36.5 Å². The molecular formula is C18H19ClN2S2. The van der Waals surface area contributed by atoms with E-state index in [0.29, 0.717) is 0 Å². The van der Waals surface area contributed by atoms with Crippen LogP contribution in [0, 0.1) is 6.92 Å². The van der Waals surface area contributed by atoms with E-state index < -0.39 is 0 Å². The van der Waals surface area contributed by atoms with Crippen molar-refractivity contribution in [3.8, 4) is 0 Å². The summed E-state index contributed by atoms with van der Waals surface area (Å²) in [5.41, 5.74) is 8.10. The van der Waals surface area contributed by atoms with Crippen molar-refractivity contribution in [1.29, 1.82) is 0 Å². The summed E-state index contributed by atoms with van der Waals surface area (Å²) in [6.45, 7) is 2.08. The zero-order chi connectivity index (χ0) is 16.7. The summed E-state index contributed by atoms with van der Waals surface area (Å²) in [7, 11) is 0. The van der Waals surface area contributed by atoms with Crippen LogP contribution >= 0.6 is 35.1 Å². The second-order valence-corrected chi connectivity index (χ2v) is 7.28. The molecule has 0 bridgehead atoms. The molecule has 0 saturated heterocycles. The number of anilines is 1. The van der Waals surface area contributed by atoms with Gasteiger partial charge in [0.2, 0.25) is 0 Å². The van der Waals surface area contributed by atoms with Crippen molar-refractivity contribution in [2.45, 2.75) is 11.8 Å². The molecule has 5 heteroatoms. The second-order valence-electron chi connectivity index (χ2n) is 4.85. The van der Waals surface area contributed by atoms with Crippen molar-refractivity contribution in [2.75, 3.05) is 11.6 Å². The smallest absolute Gasteiger partial charge is 0.0774 e. The Morgan fingerprint density at radius 2 is 1.70 bits per heavy atom. The highest BCUT2D eigenvalue weighted by atomic mass is 35.5. The molecule has 120 valence electrons. The van der Waals surface area contributed by atoms with Gasteiger partial charge in [0.1, 0.15) is 0 Å². The first-order chi connectivity index (χ1) is 11.1. The van der Waals surface area contributed by atoms with E-state index in [1.807, 2.05) is 42.7 Å². The Labute approximate surface area is 151 Å². The highest BCUT2D eigenvalue weighted by molar-refractivity contribution is 8.03. The first-order valence-corrected chi connectivity index (χ1v) is 9.47. The Balaban J connectivity index is 2.20. The van der Waals surface area contributed by atoms with Gasteiger partial charge in [0.25, 0.3) is 0 Å². The highest BCUT2D eigenvalue weighted by Gasteiger charge is 2.02. The van der Waals surface area contributed by atoms with E-state index in [0.717, 1.165) is 20.8 Å². The number of benzene rings is 2. The van der Waals surface area contributed by atoms with Crippen LogP contribution in [0.3, 0.4) is 0 Å². The van der Waals surface area contributed by atoms with E-state index in [1.54, 1.807) is 11.8 Å². The van der Waals surface area contributed by atoms with Gasteiger partial charge in [-0.2, -0.15) is 0 Å². The van der Waals surface area contributed by atoms with Crippen LogP contribution in [0.2, 0.25) is 5.02 Å². The minimum Gasteiger partial charge on any atom is -0.394 e. The van der Waals surface area contributed by atoms with Gasteiger partial charge in [0, 0.05) is 15.6 Å². The molecule has 0 spiro atoms. The third-order valence-corrected chi connectivity index (χ3v) is 4.82. The minimum atomic E-state index is 0.721. The normalized spacial score (nSPS) is 12.3. The molecule has 0 aromatic heterocycles. The van der Waals surface area contributed by atoms with E-state index in [4.69, 9.17) is 17.3 Å². The van der Waals surface area contributed by atoms with Gasteiger partial charge < -0.3 is 11.1 Å². The first kappa shape index (κ1) is 17.9. The van der Waals surface area contributed by atoms with Crippen molar-refractivity contribution >= 4 is 40.8 Å². The number of allylic oxidation sites excluding steroid dienone is 2. The number of hydrogen-bond acceptors (Lipinski definition) is 4. The van der Waals surface area contributed by atoms with Crippen LogP contribution < -0.4 is 11.1 Å². The van der Waals surface area contributed by atoms with Gasteiger partial charge in [0.05, 0.1) is 10.1 Å². The lowest BCUT2D eigenvalue weighted by atomic mass is 10.2. The first-order valence-electron chi connectivity index (χ1n) is 7.05. The molecule has 0 amide bonds. The molecular weight excluding hydrogens is 344 g/mol. The van der Waals surface area contributed by atoms with Gasteiger partial charge in [0.15, 0.2) is 0 Å². The molecule has 0 radical (unpaired) electrons. The third kappa shape index (κ3) is 6.26. The van der Waals surface area contributed by atoms with Crippen molar-refractivity contribution in [2.24, 2.45) is 5.73 Å². The van der Waals surface area contributed by atoms with Gasteiger partial charge >= 0.3 is 0 Å². The summed E-state index contributed by atoms with van der Waals surface area (Å²) < 4.78 is 0. The third-order valence-electron chi connectivity index (χ3n) is 3.00. The minimum absolute atomic E-state index is 0.721. The Kier molecular flexibility index (Phi) is 6.96. The molecule has 2 nitrogen and oxygen atoms in total. The van der Waals surface area contributed by atoms with Gasteiger partial charge in [-0.1, -0.05) is 41.1 Å². The summed E-state index contributed by atoms with van der Waals surface area (Å²) in [6, 6.07) is 16.1. The van der Waals surface area contributed by atoms with Gasteiger partial charge in [-0.15, -0.1) is 11.8 Å². The molecule has 0 unspecified atom stereocenters. The average molecular weight is 363 g/mol. The summed E-state index contributed by atoms with van der Waals surface area (Å²) >= 11 is 9.12. The lowest BCUT2D eigenvalue weighted by Gasteiger charge is -2.11. The fraction of sp³-hybridized carbons (Fsp3) is 0.111. The van der Waals surface area contributed by atoms with Crippen molar-refractivity contribution in [1.82, 2.24) is 0 Å². The van der Waals surface area contributed by atoms with E-state index in [1.165, 1.54) is 22.2 Å². The lowest BCUT2D eigenvalue weighted by molar-refractivity contribution is 1.38. The highest BCUT2D eigenvalue weighted by Crippen LogP contribution is 2.28. The standard InChI is InChI=1S/C18H19ClN2S2/c1-13-3-9-16(10-4-13)23-18(12-11-17(20)22-2)21-15-7-5-14(19)6-8-15/h3-12,21H,20H2,1-2H3/b17-11+,18-12+. The summed E-state index contributed by atoms with van der Waals surface area (Å²) in [5.74, 6) is 0. The Bertz CT molecular complexity index is 642. The van der Waals surface area contributed by atoms with Crippen LogP contribution in [0.15, 0.2) is 75.6 Å². The number of thioether (sulfide) groups is 2. The number of rotatable bonds is 6. The molecule has 0 saturated carbocycles. The molecule has 0 aliphatic carbocycles. The number of aryl methyl sites for hydroxylation is 1. The largest absolute Gasteiger partial charge is 0.394 e. The van der Waals surface area contributed by atoms with Gasteiger partial charge in [-0.3, -0.25) is 0 Å². The summed E-state index contributed by atoms with van der Waals surface area (Å²) in [4.78, 5) is 1.17. The molecule has 23 heavy (non-hydrogen) atoms. The summed E-state index contributed by atoms with van der Waals surface area (Å²) in [6.07, 6.45) is 5.86. The molecule has 2 aromatic carbocycles. The number of nitrogens with one attached hydrogen (secondary N) is 1. The topological polar surface area (TPSA) is 38.0 Å². The zero-order valence-corrected chi connectivity index (χ0v) is 15.4. The molecule has 0 fully saturated rings. The quantitative estimate of drug-likeness (QED) is 0.498. The second kappa shape index (κ2) is 8.96. The van der Waals surface area contributed by atoms with Crippen molar-refractivity contribution < 1.29 is 0 Å². The SMILES string of the molecule is CS/C(N)=C/C=C(\Nc1ccc(Cl)cc1)Sc1ccc(C)cc1. The lowest BCUT2D eigenvalue weighted by Crippen LogP contribution is -1.96. The molecule has 3 N–H and O–H groups in total. The maximum atomic E-state index is 5.94. The Morgan fingerprint density at radius 3 is 2.30 bits per heavy atom. The molecule has 0 aliphatic heterocycles. The van der Waals surface area contributed by atoms with E-state index >= 15 is 0 Å². The van der Waals surface area contributed by atoms with E-state index in [-0.39, 0.29) is 0 Å². The average Bonchev–Trinajstić information content (AvgIpc) is 2.56. The maximum absolute atomic E-state index is 5.94. The van der Waals surface area contributed by atoms with Crippen LogP contribution in [0.25, 0.3) is 0 Å². The van der Waals surface area contributed by atoms with Crippen LogP contribution in [-0.4, -0.2) is 6.26 Å². The number of halogens is 1. The molecule has 0 aliphatic rings. The number of hydrogen-bond donors (Lipinski definition) is 2. The predicted molar refractivity (Wildman–Crippen MR) is 106 cm³/mol. The number of nitrogens with two attached hydrogens (primary N) is 1. The van der Waals surface area contributed by atoms with Gasteiger partial charge in [-0.05, 0) is 61.7 Å². The summed E-state index contributed by atoms with van der Waals surface area (Å²) in [5, 5.41) is 5.89. The van der Waals surface area contributed by atoms with Crippen molar-refractivity contribution in [3.05, 3.63) is 81.3 Å².